The summed E-state index contributed by atoms with van der Waals surface area (Å²) in [5.41, 5.74) is 5.09. The largest absolute Gasteiger partial charge is 0.545 e. The quantitative estimate of drug-likeness (QED) is 0.394. The third-order valence-corrected chi connectivity index (χ3v) is 17.0. The van der Waals surface area contributed by atoms with Crippen LogP contribution < -0.4 is 5.11 Å². The van der Waals surface area contributed by atoms with Gasteiger partial charge in [0, 0.05) is 7.26 Å². The zero-order valence-corrected chi connectivity index (χ0v) is 22.5. The highest BCUT2D eigenvalue weighted by atomic mass is 31.2. The minimum absolute atomic E-state index is 0.220. The van der Waals surface area contributed by atoms with Gasteiger partial charge >= 0.3 is 0 Å². The topological polar surface area (TPSA) is 40.1 Å². The zero-order valence-electron chi connectivity index (χ0n) is 21.6. The summed E-state index contributed by atoms with van der Waals surface area (Å²) in [6, 6.07) is 8.06. The number of rotatable bonds is 5. The highest BCUT2D eigenvalue weighted by Crippen LogP contribution is 2.81. The van der Waals surface area contributed by atoms with Crippen molar-refractivity contribution in [2.75, 3.05) is 0 Å². The van der Waals surface area contributed by atoms with E-state index in [1.165, 1.54) is 34.8 Å². The molecule has 4 aliphatic rings. The predicted molar refractivity (Wildman–Crippen MR) is 145 cm³/mol. The number of benzene rings is 1. The van der Waals surface area contributed by atoms with Gasteiger partial charge in [0.2, 0.25) is 0 Å². The van der Waals surface area contributed by atoms with Crippen LogP contribution in [0.5, 0.6) is 0 Å². The highest BCUT2D eigenvalue weighted by molar-refractivity contribution is 7.78. The van der Waals surface area contributed by atoms with Crippen molar-refractivity contribution in [2.24, 2.45) is 0 Å². The summed E-state index contributed by atoms with van der Waals surface area (Å²) in [4.78, 5) is 10.1. The molecule has 0 amide bonds. The van der Waals surface area contributed by atoms with Gasteiger partial charge in [0.1, 0.15) is 0 Å². The molecular formula is C31H49O2P. The summed E-state index contributed by atoms with van der Waals surface area (Å²) < 4.78 is 0. The van der Waals surface area contributed by atoms with Crippen molar-refractivity contribution in [2.45, 2.75) is 151 Å². The number of aromatic carboxylic acids is 1. The molecule has 0 aromatic heterocycles. The van der Waals surface area contributed by atoms with Crippen LogP contribution in [-0.2, 0) is 0 Å². The molecule has 4 saturated carbocycles. The minimum atomic E-state index is -1.13. The van der Waals surface area contributed by atoms with E-state index in [2.05, 4.69) is 0 Å². The number of carbonyl (C=O) groups excluding carboxylic acids is 1. The summed E-state index contributed by atoms with van der Waals surface area (Å²) >= 11 is 0. The highest BCUT2D eigenvalue weighted by Gasteiger charge is 2.61. The summed E-state index contributed by atoms with van der Waals surface area (Å²) in [5.74, 6) is -1.13. The van der Waals surface area contributed by atoms with Crippen LogP contribution in [0.2, 0.25) is 0 Å². The van der Waals surface area contributed by atoms with Crippen LogP contribution in [0.15, 0.2) is 30.3 Å². The first-order valence-corrected chi connectivity index (χ1v) is 16.9. The summed E-state index contributed by atoms with van der Waals surface area (Å²) in [6.07, 6.45) is 32.1. The Labute approximate surface area is 210 Å². The van der Waals surface area contributed by atoms with Gasteiger partial charge < -0.3 is 9.90 Å². The summed E-state index contributed by atoms with van der Waals surface area (Å²) in [7, 11) is -0.798. The van der Waals surface area contributed by atoms with E-state index in [-0.39, 0.29) is 5.56 Å². The van der Waals surface area contributed by atoms with Crippen LogP contribution in [-0.4, -0.2) is 28.6 Å². The van der Waals surface area contributed by atoms with Crippen molar-refractivity contribution in [3.8, 4) is 0 Å². The number of carboxylic acids is 1. The van der Waals surface area contributed by atoms with Gasteiger partial charge in [-0.1, -0.05) is 56.0 Å². The molecule has 2 nitrogen and oxygen atoms in total. The molecule has 0 bridgehead atoms. The second-order valence-corrected chi connectivity index (χ2v) is 16.4. The van der Waals surface area contributed by atoms with Crippen molar-refractivity contribution in [3.05, 3.63) is 35.9 Å². The fourth-order valence-corrected chi connectivity index (χ4v) is 17.1. The third-order valence-electron chi connectivity index (χ3n) is 9.84. The molecule has 4 aliphatic carbocycles. The van der Waals surface area contributed by atoms with E-state index in [9.17, 15) is 9.90 Å². The van der Waals surface area contributed by atoms with Gasteiger partial charge in [0.05, 0.1) is 28.6 Å². The van der Waals surface area contributed by atoms with Crippen molar-refractivity contribution in [3.63, 3.8) is 0 Å². The van der Waals surface area contributed by atoms with Crippen LogP contribution in [0.4, 0.5) is 0 Å². The van der Waals surface area contributed by atoms with E-state index >= 15 is 0 Å². The van der Waals surface area contributed by atoms with Crippen molar-refractivity contribution >= 4 is 13.2 Å². The fraction of sp³-hybridized carbons (Fsp3) is 0.774. The molecule has 0 atom stereocenters. The molecule has 0 unspecified atom stereocenters. The first kappa shape index (κ1) is 26.2. The standard InChI is InChI=1S/C24H44P.C7H6O2/c1-5-13-21(14-6-1)25(22-15-7-2-8-16-22,23-17-9-3-10-18-23)24-19-11-4-12-20-24;8-7(9)6-4-2-1-3-5-6/h21-24H,1-20H2;1-5H,(H,8,9)/q+1;/p-1. The minimum Gasteiger partial charge on any atom is -0.545 e. The Morgan fingerprint density at radius 1 is 0.529 bits per heavy atom. The summed E-state index contributed by atoms with van der Waals surface area (Å²) in [5, 5.41) is 10.1. The van der Waals surface area contributed by atoms with Crippen molar-refractivity contribution < 1.29 is 9.90 Å². The number of hydrogen-bond donors (Lipinski definition) is 0. The lowest BCUT2D eigenvalue weighted by Gasteiger charge is -2.53. The molecule has 0 saturated heterocycles. The Kier molecular flexibility index (Phi) is 10.3. The van der Waals surface area contributed by atoms with Crippen molar-refractivity contribution in [1.82, 2.24) is 0 Å². The van der Waals surface area contributed by atoms with Gasteiger partial charge in [0.15, 0.2) is 0 Å². The Hall–Kier alpha value is -0.880. The van der Waals surface area contributed by atoms with Gasteiger partial charge in [-0.2, -0.15) is 0 Å². The van der Waals surface area contributed by atoms with Gasteiger partial charge in [-0.25, -0.2) is 0 Å². The van der Waals surface area contributed by atoms with E-state index in [0.29, 0.717) is 0 Å². The van der Waals surface area contributed by atoms with Crippen LogP contribution >= 0.6 is 7.26 Å². The average molecular weight is 485 g/mol. The molecule has 1 aromatic carbocycles. The van der Waals surface area contributed by atoms with Gasteiger partial charge in [-0.15, -0.1) is 0 Å². The molecule has 34 heavy (non-hydrogen) atoms. The molecule has 3 heteroatoms. The maximum absolute atomic E-state index is 10.1. The van der Waals surface area contributed by atoms with E-state index in [0.717, 1.165) is 0 Å². The van der Waals surface area contributed by atoms with E-state index < -0.39 is 13.2 Å². The molecule has 0 heterocycles. The lowest BCUT2D eigenvalue weighted by atomic mass is 9.98. The van der Waals surface area contributed by atoms with Gasteiger partial charge in [-0.05, 0) is 108 Å². The number of hydrogen-bond acceptors (Lipinski definition) is 2. The van der Waals surface area contributed by atoms with Gasteiger partial charge in [-0.3, -0.25) is 0 Å². The second-order valence-electron chi connectivity index (χ2n) is 11.7. The Morgan fingerprint density at radius 2 is 0.824 bits per heavy atom. The zero-order chi connectivity index (χ0) is 23.6. The van der Waals surface area contributed by atoms with Crippen LogP contribution in [0.1, 0.15) is 139 Å². The SMILES string of the molecule is C1CCC([P+](C2CCCCC2)(C2CCCCC2)C2CCCCC2)CC1.O=C([O-])c1ccccc1. The monoisotopic (exact) mass is 484 g/mol. The second kappa shape index (κ2) is 13.4. The maximum atomic E-state index is 10.1. The van der Waals surface area contributed by atoms with E-state index in [1.807, 2.05) is 0 Å². The Balaban J connectivity index is 0.000000257. The van der Waals surface area contributed by atoms with E-state index in [4.69, 9.17) is 0 Å². The van der Waals surface area contributed by atoms with Gasteiger partial charge in [0.25, 0.3) is 0 Å². The van der Waals surface area contributed by atoms with Crippen LogP contribution in [0, 0.1) is 0 Å². The fourth-order valence-electron chi connectivity index (χ4n) is 8.48. The summed E-state index contributed by atoms with van der Waals surface area (Å²) in [6.45, 7) is 0. The molecule has 1 aromatic rings. The maximum Gasteiger partial charge on any atom is 0.0715 e. The first-order valence-electron chi connectivity index (χ1n) is 14.9. The molecular weight excluding hydrogens is 435 g/mol. The smallest absolute Gasteiger partial charge is 0.0715 e. The lowest BCUT2D eigenvalue weighted by Crippen LogP contribution is -2.42. The molecule has 4 fully saturated rings. The normalized spacial score (nSPS) is 24.2. The first-order chi connectivity index (χ1) is 16.7. The predicted octanol–water partition coefficient (Wildman–Crippen LogP) is 8.38. The lowest BCUT2D eigenvalue weighted by molar-refractivity contribution is -0.255. The molecule has 0 radical (unpaired) electrons. The average Bonchev–Trinajstić information content (AvgIpc) is 2.93. The molecule has 5 rings (SSSR count). The Morgan fingerprint density at radius 3 is 1.06 bits per heavy atom. The third kappa shape index (κ3) is 6.27. The van der Waals surface area contributed by atoms with E-state index in [1.54, 1.807) is 147 Å². The molecule has 190 valence electrons. The van der Waals surface area contributed by atoms with Crippen molar-refractivity contribution in [1.29, 1.82) is 0 Å². The van der Waals surface area contributed by atoms with Crippen LogP contribution in [0.3, 0.4) is 0 Å². The molecule has 0 aliphatic heterocycles. The van der Waals surface area contributed by atoms with Crippen LogP contribution in [0.25, 0.3) is 0 Å². The number of carboxylic acid groups (broad SMARTS) is 1. The molecule has 0 spiro atoms. The Bertz CT molecular complexity index is 631. The molecule has 0 N–H and O–H groups in total. The number of carbonyl (C=O) groups is 1.